The lowest BCUT2D eigenvalue weighted by Gasteiger charge is -2.27. The number of carbonyl (C=O) groups excluding carboxylic acids is 1. The minimum atomic E-state index is -0.485. The van der Waals surface area contributed by atoms with Crippen LogP contribution in [0.3, 0.4) is 0 Å². The Morgan fingerprint density at radius 1 is 1.06 bits per heavy atom. The van der Waals surface area contributed by atoms with Gasteiger partial charge in [0.2, 0.25) is 5.75 Å². The minimum Gasteiger partial charge on any atom is -0.507 e. The molecular formula is C25H29N3O6. The average molecular weight is 468 g/mol. The number of ether oxygens (including phenoxy) is 4. The quantitative estimate of drug-likeness (QED) is 0.462. The van der Waals surface area contributed by atoms with E-state index in [1.54, 1.807) is 39.4 Å². The van der Waals surface area contributed by atoms with Crippen molar-refractivity contribution in [1.82, 2.24) is 15.1 Å². The monoisotopic (exact) mass is 467 g/mol. The predicted octanol–water partition coefficient (Wildman–Crippen LogP) is 3.70. The summed E-state index contributed by atoms with van der Waals surface area (Å²) >= 11 is 0. The van der Waals surface area contributed by atoms with Gasteiger partial charge in [0.25, 0.3) is 5.91 Å². The molecule has 180 valence electrons. The Morgan fingerprint density at radius 2 is 1.76 bits per heavy atom. The third kappa shape index (κ3) is 3.92. The van der Waals surface area contributed by atoms with Gasteiger partial charge < -0.3 is 29.0 Å². The fraction of sp³-hybridized carbons (Fsp3) is 0.360. The lowest BCUT2D eigenvalue weighted by Crippen LogP contribution is -2.31. The van der Waals surface area contributed by atoms with Crippen molar-refractivity contribution in [2.45, 2.75) is 19.4 Å². The number of nitrogens with one attached hydrogen (secondary N) is 1. The standard InChI is InChI=1S/C25H29N3O6/c1-14-7-8-17(29)16(11-14)21-20-22(27-26-21)25(30)28(9-6-10-31-2)23(20)15-12-18(32-3)24(34-5)19(13-15)33-4/h7-8,11-13,23,29H,6,9-10H2,1-5H3,(H,26,27)/t23-/m1/s1. The van der Waals surface area contributed by atoms with E-state index in [1.807, 2.05) is 31.2 Å². The van der Waals surface area contributed by atoms with Gasteiger partial charge in [-0.1, -0.05) is 11.6 Å². The number of aromatic hydroxyl groups is 1. The Labute approximate surface area is 198 Å². The second-order valence-corrected chi connectivity index (χ2v) is 8.09. The first kappa shape index (κ1) is 23.4. The van der Waals surface area contributed by atoms with E-state index in [0.29, 0.717) is 59.3 Å². The second-order valence-electron chi connectivity index (χ2n) is 8.09. The largest absolute Gasteiger partial charge is 0.507 e. The SMILES string of the molecule is COCCCN1C(=O)c2[nH]nc(-c3cc(C)ccc3O)c2[C@H]1c1cc(OC)c(OC)c(OC)c1. The molecule has 34 heavy (non-hydrogen) atoms. The maximum Gasteiger partial charge on any atom is 0.273 e. The van der Waals surface area contributed by atoms with E-state index in [0.717, 1.165) is 11.1 Å². The molecule has 2 aromatic carbocycles. The Hall–Kier alpha value is -3.72. The summed E-state index contributed by atoms with van der Waals surface area (Å²) in [5, 5.41) is 18.0. The molecule has 0 saturated carbocycles. The number of rotatable bonds is 9. The van der Waals surface area contributed by atoms with Gasteiger partial charge in [-0.05, 0) is 43.2 Å². The van der Waals surface area contributed by atoms with Gasteiger partial charge in [0.05, 0.1) is 27.4 Å². The van der Waals surface area contributed by atoms with Crippen LogP contribution in [0, 0.1) is 6.92 Å². The zero-order valence-corrected chi connectivity index (χ0v) is 20.0. The lowest BCUT2D eigenvalue weighted by atomic mass is 9.94. The molecule has 0 spiro atoms. The van der Waals surface area contributed by atoms with Crippen molar-refractivity contribution in [3.8, 4) is 34.3 Å². The van der Waals surface area contributed by atoms with Crippen molar-refractivity contribution >= 4 is 5.91 Å². The smallest absolute Gasteiger partial charge is 0.273 e. The van der Waals surface area contributed by atoms with Crippen LogP contribution in [0.1, 0.15) is 39.6 Å². The van der Waals surface area contributed by atoms with Crippen molar-refractivity contribution < 1.29 is 28.8 Å². The Balaban J connectivity index is 1.92. The maximum atomic E-state index is 13.5. The highest BCUT2D eigenvalue weighted by atomic mass is 16.5. The van der Waals surface area contributed by atoms with E-state index >= 15 is 0 Å². The summed E-state index contributed by atoms with van der Waals surface area (Å²) in [6.07, 6.45) is 0.659. The van der Waals surface area contributed by atoms with Crippen LogP contribution < -0.4 is 14.2 Å². The van der Waals surface area contributed by atoms with Gasteiger partial charge in [-0.2, -0.15) is 5.10 Å². The summed E-state index contributed by atoms with van der Waals surface area (Å²) in [5.74, 6) is 1.36. The first-order valence-electron chi connectivity index (χ1n) is 10.9. The van der Waals surface area contributed by atoms with Crippen LogP contribution in [-0.4, -0.2) is 67.7 Å². The number of methoxy groups -OCH3 is 4. The normalized spacial score (nSPS) is 14.9. The molecular weight excluding hydrogens is 438 g/mol. The molecule has 0 aliphatic carbocycles. The van der Waals surface area contributed by atoms with Crippen molar-refractivity contribution in [3.63, 3.8) is 0 Å². The maximum absolute atomic E-state index is 13.5. The van der Waals surface area contributed by atoms with Gasteiger partial charge in [0, 0.05) is 31.4 Å². The van der Waals surface area contributed by atoms with Crippen molar-refractivity contribution in [2.75, 3.05) is 41.6 Å². The van der Waals surface area contributed by atoms with Crippen LogP contribution in [0.15, 0.2) is 30.3 Å². The third-order valence-corrected chi connectivity index (χ3v) is 6.02. The van der Waals surface area contributed by atoms with E-state index in [1.165, 1.54) is 0 Å². The number of aromatic nitrogens is 2. The number of H-pyrrole nitrogens is 1. The molecule has 2 N–H and O–H groups in total. The number of nitrogens with zero attached hydrogens (tertiary/aromatic N) is 2. The van der Waals surface area contributed by atoms with E-state index in [-0.39, 0.29) is 11.7 Å². The minimum absolute atomic E-state index is 0.0915. The number of phenolic OH excluding ortho intramolecular Hbond substituents is 1. The Morgan fingerprint density at radius 3 is 2.38 bits per heavy atom. The number of hydrogen-bond acceptors (Lipinski definition) is 7. The van der Waals surface area contributed by atoms with Crippen LogP contribution in [-0.2, 0) is 4.74 Å². The van der Waals surface area contributed by atoms with Crippen LogP contribution in [0.2, 0.25) is 0 Å². The molecule has 2 heterocycles. The van der Waals surface area contributed by atoms with Crippen LogP contribution in [0.4, 0.5) is 0 Å². The average Bonchev–Trinajstić information content (AvgIpc) is 3.38. The predicted molar refractivity (Wildman–Crippen MR) is 126 cm³/mol. The number of aromatic amines is 1. The number of hydrogen-bond donors (Lipinski definition) is 2. The highest BCUT2D eigenvalue weighted by Gasteiger charge is 2.43. The summed E-state index contributed by atoms with van der Waals surface area (Å²) in [5.41, 5.74) is 3.91. The van der Waals surface area contributed by atoms with E-state index < -0.39 is 6.04 Å². The van der Waals surface area contributed by atoms with Gasteiger partial charge in [-0.15, -0.1) is 0 Å². The number of carbonyl (C=O) groups is 1. The zero-order chi connectivity index (χ0) is 24.4. The molecule has 1 amide bonds. The molecule has 0 fully saturated rings. The first-order valence-corrected chi connectivity index (χ1v) is 10.9. The molecule has 1 atom stereocenters. The fourth-order valence-corrected chi connectivity index (χ4v) is 4.46. The highest BCUT2D eigenvalue weighted by Crippen LogP contribution is 2.48. The number of fused-ring (bicyclic) bond motifs is 1. The molecule has 0 radical (unpaired) electrons. The van der Waals surface area contributed by atoms with Gasteiger partial charge in [-0.3, -0.25) is 9.89 Å². The molecule has 1 aliphatic heterocycles. The number of amides is 1. The van der Waals surface area contributed by atoms with Gasteiger partial charge in [0.15, 0.2) is 11.5 Å². The Bertz CT molecular complexity index is 1180. The summed E-state index contributed by atoms with van der Waals surface area (Å²) in [4.78, 5) is 15.2. The first-order chi connectivity index (χ1) is 16.4. The molecule has 0 bridgehead atoms. The van der Waals surface area contributed by atoms with Crippen molar-refractivity contribution in [1.29, 1.82) is 0 Å². The zero-order valence-electron chi connectivity index (χ0n) is 20.0. The summed E-state index contributed by atoms with van der Waals surface area (Å²) in [6.45, 7) is 2.92. The molecule has 1 aliphatic rings. The van der Waals surface area contributed by atoms with E-state index in [9.17, 15) is 9.90 Å². The molecule has 0 unspecified atom stereocenters. The molecule has 4 rings (SSSR count). The summed E-state index contributed by atoms with van der Waals surface area (Å²) < 4.78 is 21.8. The van der Waals surface area contributed by atoms with Crippen LogP contribution in [0.25, 0.3) is 11.3 Å². The number of phenols is 1. The third-order valence-electron chi connectivity index (χ3n) is 6.02. The molecule has 9 nitrogen and oxygen atoms in total. The number of aryl methyl sites for hydroxylation is 1. The molecule has 9 heteroatoms. The van der Waals surface area contributed by atoms with Gasteiger partial charge in [-0.25, -0.2) is 0 Å². The highest BCUT2D eigenvalue weighted by molar-refractivity contribution is 6.00. The fourth-order valence-electron chi connectivity index (χ4n) is 4.46. The topological polar surface area (TPSA) is 106 Å². The molecule has 1 aromatic heterocycles. The van der Waals surface area contributed by atoms with Crippen molar-refractivity contribution in [3.05, 3.63) is 52.7 Å². The van der Waals surface area contributed by atoms with E-state index in [4.69, 9.17) is 18.9 Å². The number of benzene rings is 2. The van der Waals surface area contributed by atoms with Crippen LogP contribution in [0.5, 0.6) is 23.0 Å². The van der Waals surface area contributed by atoms with Gasteiger partial charge in [0.1, 0.15) is 17.1 Å². The van der Waals surface area contributed by atoms with Crippen molar-refractivity contribution in [2.24, 2.45) is 0 Å². The van der Waals surface area contributed by atoms with E-state index in [2.05, 4.69) is 10.2 Å². The second kappa shape index (κ2) is 9.64. The van der Waals surface area contributed by atoms with Gasteiger partial charge >= 0.3 is 0 Å². The summed E-state index contributed by atoms with van der Waals surface area (Å²) in [6, 6.07) is 8.50. The summed E-state index contributed by atoms with van der Waals surface area (Å²) in [7, 11) is 6.28. The molecule has 0 saturated heterocycles. The Kier molecular flexibility index (Phi) is 6.65. The lowest BCUT2D eigenvalue weighted by molar-refractivity contribution is 0.0723. The molecule has 3 aromatic rings. The van der Waals surface area contributed by atoms with Crippen LogP contribution >= 0.6 is 0 Å².